The lowest BCUT2D eigenvalue weighted by atomic mass is 9.97. The molecule has 0 saturated heterocycles. The van der Waals surface area contributed by atoms with Gasteiger partial charge in [0.15, 0.2) is 0 Å². The molecule has 130 valence electrons. The average molecular weight is 350 g/mol. The highest BCUT2D eigenvalue weighted by molar-refractivity contribution is 5.85. The minimum absolute atomic E-state index is 0. The van der Waals surface area contributed by atoms with Crippen LogP contribution in [0.4, 0.5) is 0 Å². The predicted molar refractivity (Wildman–Crippen MR) is 95.4 cm³/mol. The first-order valence-corrected chi connectivity index (χ1v) is 8.11. The minimum Gasteiger partial charge on any atom is -0.349 e. The number of benzene rings is 1. The number of para-hydroxylation sites is 1. The molecule has 0 atom stereocenters. The summed E-state index contributed by atoms with van der Waals surface area (Å²) >= 11 is 0. The average Bonchev–Trinajstić information content (AvgIpc) is 3.17. The van der Waals surface area contributed by atoms with E-state index >= 15 is 0 Å². The Labute approximate surface area is 148 Å². The molecule has 0 radical (unpaired) electrons. The maximum absolute atomic E-state index is 12.4. The van der Waals surface area contributed by atoms with Crippen LogP contribution in [0, 0.1) is 6.92 Å². The SMILES string of the molecule is Cc1c(CC(=O)NC2(CN)CCCC2)nnn1-c1ccccc1.Cl. The minimum atomic E-state index is -0.222. The van der Waals surface area contributed by atoms with Gasteiger partial charge in [-0.2, -0.15) is 0 Å². The zero-order valence-electron chi connectivity index (χ0n) is 13.9. The van der Waals surface area contributed by atoms with Crippen molar-refractivity contribution in [3.05, 3.63) is 41.7 Å². The Morgan fingerprint density at radius 3 is 2.58 bits per heavy atom. The summed E-state index contributed by atoms with van der Waals surface area (Å²) in [6, 6.07) is 9.79. The highest BCUT2D eigenvalue weighted by Crippen LogP contribution is 2.28. The van der Waals surface area contributed by atoms with Crippen molar-refractivity contribution >= 4 is 18.3 Å². The highest BCUT2D eigenvalue weighted by Gasteiger charge is 2.34. The van der Waals surface area contributed by atoms with Crippen LogP contribution in [0.3, 0.4) is 0 Å². The number of amides is 1. The number of aromatic nitrogens is 3. The van der Waals surface area contributed by atoms with E-state index in [1.807, 2.05) is 37.3 Å². The molecule has 24 heavy (non-hydrogen) atoms. The van der Waals surface area contributed by atoms with Crippen molar-refractivity contribution in [3.63, 3.8) is 0 Å². The first kappa shape index (κ1) is 18.4. The third-order valence-corrected chi connectivity index (χ3v) is 4.67. The fourth-order valence-corrected chi connectivity index (χ4v) is 3.26. The maximum Gasteiger partial charge on any atom is 0.226 e. The second-order valence-electron chi connectivity index (χ2n) is 6.29. The molecule has 7 heteroatoms. The Kier molecular flexibility index (Phi) is 5.96. The fraction of sp³-hybridized carbons (Fsp3) is 0.471. The highest BCUT2D eigenvalue weighted by atomic mass is 35.5. The molecule has 1 aliphatic carbocycles. The molecule has 1 aromatic carbocycles. The fourth-order valence-electron chi connectivity index (χ4n) is 3.26. The van der Waals surface area contributed by atoms with Crippen LogP contribution in [0.25, 0.3) is 5.69 Å². The summed E-state index contributed by atoms with van der Waals surface area (Å²) < 4.78 is 1.76. The van der Waals surface area contributed by atoms with Crippen LogP contribution >= 0.6 is 12.4 Å². The molecule has 1 aliphatic rings. The third kappa shape index (κ3) is 3.76. The molecule has 1 saturated carbocycles. The van der Waals surface area contributed by atoms with Gasteiger partial charge in [0.25, 0.3) is 0 Å². The molecule has 0 aliphatic heterocycles. The van der Waals surface area contributed by atoms with Gasteiger partial charge in [-0.25, -0.2) is 4.68 Å². The molecular formula is C17H24ClN5O. The summed E-state index contributed by atoms with van der Waals surface area (Å²) in [6.07, 6.45) is 4.41. The van der Waals surface area contributed by atoms with Crippen LogP contribution in [0.15, 0.2) is 30.3 Å². The van der Waals surface area contributed by atoms with Crippen molar-refractivity contribution in [2.75, 3.05) is 6.54 Å². The zero-order valence-corrected chi connectivity index (χ0v) is 14.7. The lowest BCUT2D eigenvalue weighted by molar-refractivity contribution is -0.122. The molecule has 0 unspecified atom stereocenters. The van der Waals surface area contributed by atoms with E-state index in [4.69, 9.17) is 5.73 Å². The van der Waals surface area contributed by atoms with Gasteiger partial charge in [-0.3, -0.25) is 4.79 Å². The summed E-state index contributed by atoms with van der Waals surface area (Å²) in [6.45, 7) is 2.43. The van der Waals surface area contributed by atoms with Gasteiger partial charge in [-0.15, -0.1) is 17.5 Å². The molecule has 1 aromatic heterocycles. The van der Waals surface area contributed by atoms with Gasteiger partial charge in [0.1, 0.15) is 0 Å². The van der Waals surface area contributed by atoms with E-state index in [9.17, 15) is 4.79 Å². The van der Waals surface area contributed by atoms with Crippen LogP contribution < -0.4 is 11.1 Å². The number of nitrogens with one attached hydrogen (secondary N) is 1. The molecule has 0 bridgehead atoms. The molecule has 1 amide bonds. The molecule has 3 N–H and O–H groups in total. The summed E-state index contributed by atoms with van der Waals surface area (Å²) in [5.74, 6) is -0.0273. The van der Waals surface area contributed by atoms with Crippen LogP contribution in [0.5, 0.6) is 0 Å². The number of carbonyl (C=O) groups is 1. The van der Waals surface area contributed by atoms with E-state index in [0.717, 1.165) is 37.1 Å². The van der Waals surface area contributed by atoms with Gasteiger partial charge in [-0.05, 0) is 31.9 Å². The normalized spacial score (nSPS) is 15.8. The summed E-state index contributed by atoms with van der Waals surface area (Å²) in [4.78, 5) is 12.4. The summed E-state index contributed by atoms with van der Waals surface area (Å²) in [5.41, 5.74) is 8.19. The number of halogens is 1. The van der Waals surface area contributed by atoms with Gasteiger partial charge < -0.3 is 11.1 Å². The van der Waals surface area contributed by atoms with Gasteiger partial charge in [-0.1, -0.05) is 36.3 Å². The first-order valence-electron chi connectivity index (χ1n) is 8.11. The number of nitrogens with two attached hydrogens (primary N) is 1. The lowest BCUT2D eigenvalue weighted by Crippen LogP contribution is -2.52. The first-order chi connectivity index (χ1) is 11.1. The maximum atomic E-state index is 12.4. The molecule has 1 fully saturated rings. The second kappa shape index (κ2) is 7.77. The van der Waals surface area contributed by atoms with Crippen LogP contribution in [0.1, 0.15) is 37.1 Å². The molecule has 0 spiro atoms. The van der Waals surface area contributed by atoms with Crippen molar-refractivity contribution in [2.24, 2.45) is 5.73 Å². The quantitative estimate of drug-likeness (QED) is 0.863. The van der Waals surface area contributed by atoms with E-state index in [1.165, 1.54) is 0 Å². The monoisotopic (exact) mass is 349 g/mol. The summed E-state index contributed by atoms with van der Waals surface area (Å²) in [7, 11) is 0. The van der Waals surface area contributed by atoms with Crippen molar-refractivity contribution in [3.8, 4) is 5.69 Å². The standard InChI is InChI=1S/C17H23N5O.ClH/c1-13-15(20-21-22(13)14-7-3-2-4-8-14)11-16(23)19-17(12-18)9-5-6-10-17;/h2-4,7-8H,5-6,9-12,18H2,1H3,(H,19,23);1H. The molecule has 1 heterocycles. The smallest absolute Gasteiger partial charge is 0.226 e. The number of nitrogens with zero attached hydrogens (tertiary/aromatic N) is 3. The number of hydrogen-bond acceptors (Lipinski definition) is 4. The number of carbonyl (C=O) groups excluding carboxylic acids is 1. The topological polar surface area (TPSA) is 85.8 Å². The van der Waals surface area contributed by atoms with E-state index < -0.39 is 0 Å². The van der Waals surface area contributed by atoms with Gasteiger partial charge in [0, 0.05) is 6.54 Å². The molecule has 2 aromatic rings. The second-order valence-corrected chi connectivity index (χ2v) is 6.29. The van der Waals surface area contributed by atoms with E-state index in [0.29, 0.717) is 12.2 Å². The Balaban J connectivity index is 0.00000208. The van der Waals surface area contributed by atoms with Crippen molar-refractivity contribution in [1.82, 2.24) is 20.3 Å². The van der Waals surface area contributed by atoms with Gasteiger partial charge >= 0.3 is 0 Å². The van der Waals surface area contributed by atoms with E-state index in [1.54, 1.807) is 4.68 Å². The van der Waals surface area contributed by atoms with E-state index in [2.05, 4.69) is 15.6 Å². The molecule has 3 rings (SSSR count). The van der Waals surface area contributed by atoms with Crippen molar-refractivity contribution < 1.29 is 4.79 Å². The van der Waals surface area contributed by atoms with Crippen molar-refractivity contribution in [1.29, 1.82) is 0 Å². The predicted octanol–water partition coefficient (Wildman–Crippen LogP) is 1.93. The van der Waals surface area contributed by atoms with E-state index in [-0.39, 0.29) is 30.3 Å². The lowest BCUT2D eigenvalue weighted by Gasteiger charge is -2.28. The molecular weight excluding hydrogens is 326 g/mol. The zero-order chi connectivity index (χ0) is 16.3. The number of rotatable bonds is 5. The van der Waals surface area contributed by atoms with Crippen molar-refractivity contribution in [2.45, 2.75) is 44.6 Å². The van der Waals surface area contributed by atoms with Crippen LogP contribution in [-0.2, 0) is 11.2 Å². The Hall–Kier alpha value is -1.92. The largest absolute Gasteiger partial charge is 0.349 e. The Morgan fingerprint density at radius 1 is 1.29 bits per heavy atom. The van der Waals surface area contributed by atoms with Gasteiger partial charge in [0.2, 0.25) is 5.91 Å². The molecule has 6 nitrogen and oxygen atoms in total. The Bertz CT molecular complexity index is 680. The number of hydrogen-bond donors (Lipinski definition) is 2. The van der Waals surface area contributed by atoms with Gasteiger partial charge in [0.05, 0.1) is 29.0 Å². The van der Waals surface area contributed by atoms with Crippen LogP contribution in [0.2, 0.25) is 0 Å². The van der Waals surface area contributed by atoms with Crippen LogP contribution in [-0.4, -0.2) is 33.0 Å². The Morgan fingerprint density at radius 2 is 1.96 bits per heavy atom. The third-order valence-electron chi connectivity index (χ3n) is 4.67. The summed E-state index contributed by atoms with van der Waals surface area (Å²) in [5, 5.41) is 11.5.